The van der Waals surface area contributed by atoms with Crippen LogP contribution in [0.2, 0.25) is 0 Å². The molecule has 106 valence electrons. The number of halogens is 3. The number of carbonyl (C=O) groups excluding carboxylic acids is 1. The van der Waals surface area contributed by atoms with Crippen LogP contribution in [0.3, 0.4) is 0 Å². The van der Waals surface area contributed by atoms with Crippen LogP contribution < -0.4 is 10.6 Å². The topological polar surface area (TPSA) is 41.1 Å². The van der Waals surface area contributed by atoms with Crippen LogP contribution in [0.5, 0.6) is 0 Å². The Kier molecular flexibility index (Phi) is 4.80. The fraction of sp³-hybridized carbons (Fsp3) is 0.462. The van der Waals surface area contributed by atoms with Gasteiger partial charge in [-0.05, 0) is 45.0 Å². The molecule has 1 aromatic rings. The standard InChI is InChI=1S/C13H17F3N2O/c1-8(2)17-12(19)9(3)18-11-6-4-10(5-7-11)13(14,15)16/h4-9,18H,1-3H3,(H,17,19). The van der Waals surface area contributed by atoms with Gasteiger partial charge in [-0.25, -0.2) is 0 Å². The summed E-state index contributed by atoms with van der Waals surface area (Å²) in [5.41, 5.74) is -0.239. The maximum absolute atomic E-state index is 12.4. The molecular weight excluding hydrogens is 257 g/mol. The molecule has 0 aromatic heterocycles. The first-order valence-electron chi connectivity index (χ1n) is 5.94. The molecule has 0 aliphatic carbocycles. The molecule has 0 radical (unpaired) electrons. The summed E-state index contributed by atoms with van der Waals surface area (Å²) in [6, 6.07) is 4.08. The van der Waals surface area contributed by atoms with E-state index >= 15 is 0 Å². The number of anilines is 1. The number of hydrogen-bond donors (Lipinski definition) is 2. The molecular formula is C13H17F3N2O. The van der Waals surface area contributed by atoms with E-state index in [2.05, 4.69) is 10.6 Å². The van der Waals surface area contributed by atoms with Crippen LogP contribution in [0.15, 0.2) is 24.3 Å². The van der Waals surface area contributed by atoms with Gasteiger partial charge in [0.1, 0.15) is 6.04 Å². The molecule has 1 rings (SSSR count). The van der Waals surface area contributed by atoms with Gasteiger partial charge in [0.15, 0.2) is 0 Å². The van der Waals surface area contributed by atoms with Gasteiger partial charge in [0.2, 0.25) is 5.91 Å². The van der Waals surface area contributed by atoms with E-state index in [4.69, 9.17) is 0 Å². The summed E-state index contributed by atoms with van der Waals surface area (Å²) in [4.78, 5) is 11.6. The van der Waals surface area contributed by atoms with Gasteiger partial charge in [-0.1, -0.05) is 0 Å². The summed E-state index contributed by atoms with van der Waals surface area (Å²) in [6.45, 7) is 5.32. The van der Waals surface area contributed by atoms with Crippen molar-refractivity contribution in [2.24, 2.45) is 0 Å². The Labute approximate surface area is 110 Å². The summed E-state index contributed by atoms with van der Waals surface area (Å²) >= 11 is 0. The second kappa shape index (κ2) is 5.95. The molecule has 1 amide bonds. The molecule has 0 saturated heterocycles. The lowest BCUT2D eigenvalue weighted by Crippen LogP contribution is -2.40. The summed E-state index contributed by atoms with van der Waals surface area (Å²) in [7, 11) is 0. The number of benzene rings is 1. The molecule has 0 fully saturated rings. The van der Waals surface area contributed by atoms with Gasteiger partial charge in [-0.3, -0.25) is 4.79 Å². The normalized spacial score (nSPS) is 13.2. The van der Waals surface area contributed by atoms with Gasteiger partial charge >= 0.3 is 6.18 Å². The van der Waals surface area contributed by atoms with Crippen molar-refractivity contribution in [3.05, 3.63) is 29.8 Å². The lowest BCUT2D eigenvalue weighted by Gasteiger charge is -2.17. The van der Waals surface area contributed by atoms with E-state index in [0.29, 0.717) is 5.69 Å². The minimum atomic E-state index is -4.35. The molecule has 0 heterocycles. The van der Waals surface area contributed by atoms with Crippen LogP contribution in [-0.2, 0) is 11.0 Å². The maximum Gasteiger partial charge on any atom is 0.416 e. The van der Waals surface area contributed by atoms with E-state index in [1.165, 1.54) is 12.1 Å². The van der Waals surface area contributed by atoms with E-state index in [0.717, 1.165) is 12.1 Å². The van der Waals surface area contributed by atoms with Crippen LogP contribution in [0.4, 0.5) is 18.9 Å². The highest BCUT2D eigenvalue weighted by molar-refractivity contribution is 5.84. The van der Waals surface area contributed by atoms with Gasteiger partial charge in [0, 0.05) is 11.7 Å². The fourth-order valence-corrected chi connectivity index (χ4v) is 1.48. The molecule has 0 bridgehead atoms. The summed E-state index contributed by atoms with van der Waals surface area (Å²) in [5.74, 6) is -0.199. The second-order valence-electron chi connectivity index (χ2n) is 4.60. The number of amides is 1. The molecule has 0 aliphatic rings. The first-order valence-corrected chi connectivity index (χ1v) is 5.94. The van der Waals surface area contributed by atoms with E-state index in [9.17, 15) is 18.0 Å². The Morgan fingerprint density at radius 2 is 1.63 bits per heavy atom. The molecule has 2 N–H and O–H groups in total. The summed E-state index contributed by atoms with van der Waals surface area (Å²) < 4.78 is 37.1. The van der Waals surface area contributed by atoms with E-state index < -0.39 is 17.8 Å². The third-order valence-corrected chi connectivity index (χ3v) is 2.42. The van der Waals surface area contributed by atoms with Crippen molar-refractivity contribution in [3.63, 3.8) is 0 Å². The van der Waals surface area contributed by atoms with Crippen molar-refractivity contribution < 1.29 is 18.0 Å². The highest BCUT2D eigenvalue weighted by Gasteiger charge is 2.30. The summed E-state index contributed by atoms with van der Waals surface area (Å²) in [6.07, 6.45) is -4.35. The predicted molar refractivity (Wildman–Crippen MR) is 67.8 cm³/mol. The zero-order valence-electron chi connectivity index (χ0n) is 11.0. The van der Waals surface area contributed by atoms with Crippen molar-refractivity contribution in [1.29, 1.82) is 0 Å². The zero-order chi connectivity index (χ0) is 14.6. The summed E-state index contributed by atoms with van der Waals surface area (Å²) in [5, 5.41) is 5.56. The molecule has 0 saturated carbocycles. The quantitative estimate of drug-likeness (QED) is 0.886. The van der Waals surface area contributed by atoms with Crippen molar-refractivity contribution >= 4 is 11.6 Å². The zero-order valence-corrected chi connectivity index (χ0v) is 11.0. The van der Waals surface area contributed by atoms with Crippen LogP contribution in [0, 0.1) is 0 Å². The fourth-order valence-electron chi connectivity index (χ4n) is 1.48. The van der Waals surface area contributed by atoms with Crippen molar-refractivity contribution in [2.75, 3.05) is 5.32 Å². The Hall–Kier alpha value is -1.72. The Morgan fingerprint density at radius 1 is 1.11 bits per heavy atom. The van der Waals surface area contributed by atoms with Crippen LogP contribution in [-0.4, -0.2) is 18.0 Å². The van der Waals surface area contributed by atoms with Gasteiger partial charge in [-0.15, -0.1) is 0 Å². The minimum Gasteiger partial charge on any atom is -0.374 e. The number of carbonyl (C=O) groups is 1. The van der Waals surface area contributed by atoms with Crippen molar-refractivity contribution in [3.8, 4) is 0 Å². The molecule has 19 heavy (non-hydrogen) atoms. The van der Waals surface area contributed by atoms with Gasteiger partial charge < -0.3 is 10.6 Å². The number of rotatable bonds is 4. The van der Waals surface area contributed by atoms with E-state index in [1.54, 1.807) is 6.92 Å². The van der Waals surface area contributed by atoms with Crippen LogP contribution >= 0.6 is 0 Å². The Morgan fingerprint density at radius 3 is 2.05 bits per heavy atom. The third kappa shape index (κ3) is 4.81. The first-order chi connectivity index (χ1) is 8.70. The highest BCUT2D eigenvalue weighted by atomic mass is 19.4. The SMILES string of the molecule is CC(C)NC(=O)C(C)Nc1ccc(C(F)(F)F)cc1. The lowest BCUT2D eigenvalue weighted by atomic mass is 10.2. The highest BCUT2D eigenvalue weighted by Crippen LogP contribution is 2.29. The van der Waals surface area contributed by atoms with Gasteiger partial charge in [0.05, 0.1) is 5.56 Å². The van der Waals surface area contributed by atoms with Crippen LogP contribution in [0.25, 0.3) is 0 Å². The van der Waals surface area contributed by atoms with E-state index in [-0.39, 0.29) is 11.9 Å². The maximum atomic E-state index is 12.4. The molecule has 6 heteroatoms. The van der Waals surface area contributed by atoms with Gasteiger partial charge in [-0.2, -0.15) is 13.2 Å². The smallest absolute Gasteiger partial charge is 0.374 e. The largest absolute Gasteiger partial charge is 0.416 e. The van der Waals surface area contributed by atoms with Crippen molar-refractivity contribution in [2.45, 2.75) is 39.0 Å². The Bertz CT molecular complexity index is 427. The average Bonchev–Trinajstić information content (AvgIpc) is 2.27. The predicted octanol–water partition coefficient (Wildman–Crippen LogP) is 3.03. The number of nitrogens with one attached hydrogen (secondary N) is 2. The monoisotopic (exact) mass is 274 g/mol. The third-order valence-electron chi connectivity index (χ3n) is 2.42. The molecule has 1 atom stereocenters. The van der Waals surface area contributed by atoms with Crippen LogP contribution in [0.1, 0.15) is 26.3 Å². The van der Waals surface area contributed by atoms with Gasteiger partial charge in [0.25, 0.3) is 0 Å². The molecule has 0 spiro atoms. The van der Waals surface area contributed by atoms with E-state index in [1.807, 2.05) is 13.8 Å². The first kappa shape index (κ1) is 15.3. The average molecular weight is 274 g/mol. The second-order valence-corrected chi connectivity index (χ2v) is 4.60. The molecule has 3 nitrogen and oxygen atoms in total. The molecule has 1 aromatic carbocycles. The minimum absolute atomic E-state index is 0.0179. The molecule has 1 unspecified atom stereocenters. The molecule has 0 aliphatic heterocycles. The Balaban J connectivity index is 2.65. The lowest BCUT2D eigenvalue weighted by molar-refractivity contribution is -0.137. The van der Waals surface area contributed by atoms with Crippen molar-refractivity contribution in [1.82, 2.24) is 5.32 Å². The number of hydrogen-bond acceptors (Lipinski definition) is 2. The number of alkyl halides is 3.